The van der Waals surface area contributed by atoms with Crippen LogP contribution in [0.3, 0.4) is 0 Å². The Bertz CT molecular complexity index is 630. The quantitative estimate of drug-likeness (QED) is 0.576. The van der Waals surface area contributed by atoms with Crippen LogP contribution >= 0.6 is 0 Å². The van der Waals surface area contributed by atoms with Gasteiger partial charge in [-0.05, 0) is 63.3 Å². The summed E-state index contributed by atoms with van der Waals surface area (Å²) in [6.45, 7) is 8.73. The van der Waals surface area contributed by atoms with Crippen molar-refractivity contribution >= 4 is 5.97 Å². The highest BCUT2D eigenvalue weighted by molar-refractivity contribution is 5.87. The maximum atomic E-state index is 12.9. The topological polar surface area (TPSA) is 26.3 Å². The SMILES string of the molecule is C=C(C)C(=O)OC(C)(C)C1CCCc2cc(C(F)(F)F)ccc21. The molecule has 0 heterocycles. The van der Waals surface area contributed by atoms with Crippen LogP contribution in [0.4, 0.5) is 13.2 Å². The Morgan fingerprint density at radius 3 is 2.52 bits per heavy atom. The van der Waals surface area contributed by atoms with Gasteiger partial charge in [-0.2, -0.15) is 13.2 Å². The Morgan fingerprint density at radius 2 is 1.96 bits per heavy atom. The largest absolute Gasteiger partial charge is 0.456 e. The maximum absolute atomic E-state index is 12.9. The van der Waals surface area contributed by atoms with E-state index >= 15 is 0 Å². The number of benzene rings is 1. The first-order valence-electron chi connectivity index (χ1n) is 7.61. The molecule has 1 aliphatic carbocycles. The van der Waals surface area contributed by atoms with Gasteiger partial charge in [0.2, 0.25) is 0 Å². The number of aryl methyl sites for hydroxylation is 1. The molecule has 2 nitrogen and oxygen atoms in total. The third kappa shape index (κ3) is 3.77. The zero-order valence-corrected chi connectivity index (χ0v) is 13.6. The van der Waals surface area contributed by atoms with Crippen molar-refractivity contribution in [2.24, 2.45) is 0 Å². The molecule has 0 aliphatic heterocycles. The number of carbonyl (C=O) groups is 1. The predicted molar refractivity (Wildman–Crippen MR) is 82.1 cm³/mol. The highest BCUT2D eigenvalue weighted by Gasteiger charge is 2.38. The van der Waals surface area contributed by atoms with Crippen LogP contribution < -0.4 is 0 Å². The summed E-state index contributed by atoms with van der Waals surface area (Å²) in [5, 5.41) is 0. The first-order valence-corrected chi connectivity index (χ1v) is 7.61. The smallest absolute Gasteiger partial charge is 0.416 e. The van der Waals surface area contributed by atoms with Crippen molar-refractivity contribution in [2.75, 3.05) is 0 Å². The molecule has 2 rings (SSSR count). The molecule has 0 bridgehead atoms. The van der Waals surface area contributed by atoms with Crippen molar-refractivity contribution in [1.82, 2.24) is 0 Å². The van der Waals surface area contributed by atoms with Crippen LogP contribution in [0.1, 0.15) is 56.2 Å². The normalized spacial score (nSPS) is 18.3. The van der Waals surface area contributed by atoms with Gasteiger partial charge < -0.3 is 4.74 Å². The average molecular weight is 326 g/mol. The minimum Gasteiger partial charge on any atom is -0.456 e. The van der Waals surface area contributed by atoms with E-state index in [4.69, 9.17) is 4.74 Å². The van der Waals surface area contributed by atoms with Gasteiger partial charge in [-0.25, -0.2) is 4.79 Å². The number of carbonyl (C=O) groups excluding carboxylic acids is 1. The number of rotatable bonds is 3. The number of hydrogen-bond acceptors (Lipinski definition) is 2. The lowest BCUT2D eigenvalue weighted by Crippen LogP contribution is -2.37. The van der Waals surface area contributed by atoms with Crippen molar-refractivity contribution < 1.29 is 22.7 Å². The van der Waals surface area contributed by atoms with Gasteiger partial charge in [-0.1, -0.05) is 12.6 Å². The number of alkyl halides is 3. The van der Waals surface area contributed by atoms with Crippen molar-refractivity contribution in [3.63, 3.8) is 0 Å². The number of ether oxygens (including phenoxy) is 1. The fourth-order valence-corrected chi connectivity index (χ4v) is 3.11. The highest BCUT2D eigenvalue weighted by Crippen LogP contribution is 2.42. The van der Waals surface area contributed by atoms with E-state index in [1.807, 2.05) is 0 Å². The Morgan fingerprint density at radius 1 is 1.30 bits per heavy atom. The second-order valence-electron chi connectivity index (χ2n) is 6.63. The van der Waals surface area contributed by atoms with E-state index in [-0.39, 0.29) is 5.92 Å². The second-order valence-corrected chi connectivity index (χ2v) is 6.63. The van der Waals surface area contributed by atoms with Gasteiger partial charge in [0, 0.05) is 11.5 Å². The monoisotopic (exact) mass is 326 g/mol. The number of esters is 1. The molecule has 1 aromatic rings. The summed E-state index contributed by atoms with van der Waals surface area (Å²) >= 11 is 0. The molecular formula is C18H21F3O2. The minimum absolute atomic E-state index is 0.128. The van der Waals surface area contributed by atoms with E-state index in [9.17, 15) is 18.0 Å². The first-order chi connectivity index (χ1) is 10.5. The molecule has 1 aliphatic rings. The molecule has 5 heteroatoms. The van der Waals surface area contributed by atoms with Crippen LogP contribution in [0.15, 0.2) is 30.4 Å². The van der Waals surface area contributed by atoms with Gasteiger partial charge in [0.05, 0.1) is 5.56 Å². The lowest BCUT2D eigenvalue weighted by molar-refractivity contribution is -0.154. The summed E-state index contributed by atoms with van der Waals surface area (Å²) in [5.74, 6) is -0.606. The Hall–Kier alpha value is -1.78. The third-order valence-electron chi connectivity index (χ3n) is 4.33. The van der Waals surface area contributed by atoms with Gasteiger partial charge in [0.15, 0.2) is 0 Å². The van der Waals surface area contributed by atoms with Gasteiger partial charge in [0.25, 0.3) is 0 Å². The molecule has 23 heavy (non-hydrogen) atoms. The lowest BCUT2D eigenvalue weighted by atomic mass is 9.74. The minimum atomic E-state index is -4.34. The molecule has 1 atom stereocenters. The summed E-state index contributed by atoms with van der Waals surface area (Å²) in [4.78, 5) is 11.8. The molecule has 0 saturated carbocycles. The molecule has 0 amide bonds. The molecule has 0 saturated heterocycles. The standard InChI is InChI=1S/C18H21F3O2/c1-11(2)16(22)23-17(3,4)15-7-5-6-12-10-13(18(19,20)21)8-9-14(12)15/h8-10,15H,1,5-7H2,2-4H3. The zero-order chi connectivity index (χ0) is 17.4. The molecule has 1 unspecified atom stereocenters. The molecule has 126 valence electrons. The van der Waals surface area contributed by atoms with Crippen LogP contribution in [0.2, 0.25) is 0 Å². The van der Waals surface area contributed by atoms with E-state index in [2.05, 4.69) is 6.58 Å². The first kappa shape index (κ1) is 17.6. The van der Waals surface area contributed by atoms with Crippen LogP contribution in [0, 0.1) is 0 Å². The van der Waals surface area contributed by atoms with E-state index in [0.717, 1.165) is 24.5 Å². The van der Waals surface area contributed by atoms with Crippen LogP contribution in [0.5, 0.6) is 0 Å². The molecule has 0 radical (unpaired) electrons. The van der Waals surface area contributed by atoms with Gasteiger partial charge in [0.1, 0.15) is 5.60 Å². The van der Waals surface area contributed by atoms with Crippen molar-refractivity contribution in [2.45, 2.75) is 57.7 Å². The second kappa shape index (κ2) is 6.02. The van der Waals surface area contributed by atoms with E-state index in [1.165, 1.54) is 12.1 Å². The van der Waals surface area contributed by atoms with Crippen molar-refractivity contribution in [3.05, 3.63) is 47.0 Å². The fourth-order valence-electron chi connectivity index (χ4n) is 3.11. The lowest BCUT2D eigenvalue weighted by Gasteiger charge is -2.38. The Balaban J connectivity index is 2.34. The summed E-state index contributed by atoms with van der Waals surface area (Å²) < 4.78 is 44.1. The summed E-state index contributed by atoms with van der Waals surface area (Å²) in [5.41, 5.74) is 0.403. The maximum Gasteiger partial charge on any atom is 0.416 e. The van der Waals surface area contributed by atoms with E-state index in [1.54, 1.807) is 20.8 Å². The fraction of sp³-hybridized carbons (Fsp3) is 0.500. The molecular weight excluding hydrogens is 305 g/mol. The van der Waals surface area contributed by atoms with Crippen LogP contribution in [-0.2, 0) is 22.1 Å². The van der Waals surface area contributed by atoms with E-state index < -0.39 is 23.3 Å². The zero-order valence-electron chi connectivity index (χ0n) is 13.6. The van der Waals surface area contributed by atoms with E-state index in [0.29, 0.717) is 17.6 Å². The number of halogens is 3. The predicted octanol–water partition coefficient (Wildman–Crippen LogP) is 5.02. The molecule has 0 aromatic heterocycles. The van der Waals surface area contributed by atoms with Crippen molar-refractivity contribution in [3.8, 4) is 0 Å². The van der Waals surface area contributed by atoms with Gasteiger partial charge in [-0.15, -0.1) is 0 Å². The van der Waals surface area contributed by atoms with Crippen LogP contribution in [-0.4, -0.2) is 11.6 Å². The number of hydrogen-bond donors (Lipinski definition) is 0. The summed E-state index contributed by atoms with van der Waals surface area (Å²) in [6.07, 6.45) is -2.19. The Labute approximate surface area is 134 Å². The molecule has 0 spiro atoms. The summed E-state index contributed by atoms with van der Waals surface area (Å²) in [7, 11) is 0. The average Bonchev–Trinajstić information content (AvgIpc) is 2.44. The Kier molecular flexibility index (Phi) is 4.60. The van der Waals surface area contributed by atoms with Gasteiger partial charge >= 0.3 is 12.1 Å². The van der Waals surface area contributed by atoms with Crippen molar-refractivity contribution in [1.29, 1.82) is 0 Å². The molecule has 0 N–H and O–H groups in total. The summed E-state index contributed by atoms with van der Waals surface area (Å²) in [6, 6.07) is 3.85. The highest BCUT2D eigenvalue weighted by atomic mass is 19.4. The molecule has 0 fully saturated rings. The van der Waals surface area contributed by atoms with Gasteiger partial charge in [-0.3, -0.25) is 0 Å². The van der Waals surface area contributed by atoms with Crippen LogP contribution in [0.25, 0.3) is 0 Å². The molecule has 1 aromatic carbocycles. The third-order valence-corrected chi connectivity index (χ3v) is 4.33. The number of fused-ring (bicyclic) bond motifs is 1.